The number of nitro groups is 1. The fraction of sp³-hybridized carbons (Fsp3) is 0.462. The minimum atomic E-state index is -0.723. The van der Waals surface area contributed by atoms with Gasteiger partial charge in [0, 0.05) is 13.2 Å². The van der Waals surface area contributed by atoms with Crippen LogP contribution in [0, 0.1) is 16.0 Å². The number of ether oxygens (including phenoxy) is 1. The van der Waals surface area contributed by atoms with Gasteiger partial charge in [0.1, 0.15) is 0 Å². The summed E-state index contributed by atoms with van der Waals surface area (Å²) in [5, 5.41) is 23.3. The highest BCUT2D eigenvalue weighted by Crippen LogP contribution is 2.34. The van der Waals surface area contributed by atoms with Crippen LogP contribution in [0.2, 0.25) is 0 Å². The fourth-order valence-corrected chi connectivity index (χ4v) is 2.08. The standard InChI is InChI=1S/C13H16N2O5/c1-20-7-10(8-5-6-8)14-13(17)9-3-2-4-11(12(9)16)15(18)19/h2-4,8,10,16H,5-7H2,1H3,(H,14,17). The first-order chi connectivity index (χ1) is 9.54. The highest BCUT2D eigenvalue weighted by atomic mass is 16.6. The van der Waals surface area contributed by atoms with Gasteiger partial charge in [0.15, 0.2) is 0 Å². The number of phenols is 1. The van der Waals surface area contributed by atoms with Crippen molar-refractivity contribution in [3.05, 3.63) is 33.9 Å². The van der Waals surface area contributed by atoms with Gasteiger partial charge < -0.3 is 15.2 Å². The van der Waals surface area contributed by atoms with Crippen LogP contribution in [0.5, 0.6) is 5.75 Å². The Morgan fingerprint density at radius 2 is 2.30 bits per heavy atom. The van der Waals surface area contributed by atoms with Crippen molar-refractivity contribution in [2.24, 2.45) is 5.92 Å². The Hall–Kier alpha value is -2.15. The molecule has 1 saturated carbocycles. The van der Waals surface area contributed by atoms with E-state index >= 15 is 0 Å². The van der Waals surface area contributed by atoms with Crippen LogP contribution in [-0.2, 0) is 4.74 Å². The normalized spacial score (nSPS) is 15.7. The number of aromatic hydroxyl groups is 1. The molecule has 2 N–H and O–H groups in total. The number of nitro benzene ring substituents is 1. The molecule has 1 aromatic rings. The molecule has 1 amide bonds. The van der Waals surface area contributed by atoms with Crippen molar-refractivity contribution < 1.29 is 19.6 Å². The molecule has 0 spiro atoms. The number of phenolic OH excluding ortho intramolecular Hbond substituents is 1. The summed E-state index contributed by atoms with van der Waals surface area (Å²) in [4.78, 5) is 22.1. The van der Waals surface area contributed by atoms with Crippen LogP contribution in [0.1, 0.15) is 23.2 Å². The number of rotatable bonds is 6. The third-order valence-corrected chi connectivity index (χ3v) is 3.31. The third-order valence-electron chi connectivity index (χ3n) is 3.31. The molecule has 1 aromatic carbocycles. The van der Waals surface area contributed by atoms with Crippen molar-refractivity contribution >= 4 is 11.6 Å². The van der Waals surface area contributed by atoms with Gasteiger partial charge in [-0.2, -0.15) is 0 Å². The maximum Gasteiger partial charge on any atom is 0.311 e. The summed E-state index contributed by atoms with van der Waals surface area (Å²) >= 11 is 0. The van der Waals surface area contributed by atoms with E-state index < -0.39 is 22.3 Å². The second kappa shape index (κ2) is 5.87. The number of para-hydroxylation sites is 1. The lowest BCUT2D eigenvalue weighted by Crippen LogP contribution is -2.39. The van der Waals surface area contributed by atoms with Crippen molar-refractivity contribution in [3.63, 3.8) is 0 Å². The molecule has 2 rings (SSSR count). The second-order valence-electron chi connectivity index (χ2n) is 4.80. The van der Waals surface area contributed by atoms with E-state index in [2.05, 4.69) is 5.32 Å². The maximum absolute atomic E-state index is 12.1. The highest BCUT2D eigenvalue weighted by molar-refractivity contribution is 5.98. The molecule has 1 aliphatic carbocycles. The lowest BCUT2D eigenvalue weighted by molar-refractivity contribution is -0.385. The Balaban J connectivity index is 2.16. The van der Waals surface area contributed by atoms with Crippen molar-refractivity contribution in [1.82, 2.24) is 5.32 Å². The maximum atomic E-state index is 12.1. The average Bonchev–Trinajstić information content (AvgIpc) is 3.22. The largest absolute Gasteiger partial charge is 0.502 e. The number of benzene rings is 1. The molecule has 20 heavy (non-hydrogen) atoms. The van der Waals surface area contributed by atoms with Crippen LogP contribution in [0.25, 0.3) is 0 Å². The summed E-state index contributed by atoms with van der Waals surface area (Å²) in [7, 11) is 1.55. The van der Waals surface area contributed by atoms with E-state index in [-0.39, 0.29) is 11.6 Å². The van der Waals surface area contributed by atoms with Gasteiger partial charge in [-0.3, -0.25) is 14.9 Å². The van der Waals surface area contributed by atoms with Gasteiger partial charge in [-0.1, -0.05) is 6.07 Å². The topological polar surface area (TPSA) is 102 Å². The number of methoxy groups -OCH3 is 1. The molecular weight excluding hydrogens is 264 g/mol. The number of carbonyl (C=O) groups is 1. The predicted molar refractivity (Wildman–Crippen MR) is 70.6 cm³/mol. The van der Waals surface area contributed by atoms with E-state index in [0.29, 0.717) is 12.5 Å². The zero-order valence-electron chi connectivity index (χ0n) is 11.0. The average molecular weight is 280 g/mol. The molecule has 1 atom stereocenters. The van der Waals surface area contributed by atoms with E-state index in [1.54, 1.807) is 7.11 Å². The zero-order chi connectivity index (χ0) is 14.7. The first-order valence-corrected chi connectivity index (χ1v) is 6.30. The molecule has 108 valence electrons. The van der Waals surface area contributed by atoms with Crippen molar-refractivity contribution in [2.75, 3.05) is 13.7 Å². The van der Waals surface area contributed by atoms with Crippen LogP contribution in [0.4, 0.5) is 5.69 Å². The Labute approximate surface area is 115 Å². The number of hydrogen-bond donors (Lipinski definition) is 2. The van der Waals surface area contributed by atoms with Crippen LogP contribution >= 0.6 is 0 Å². The second-order valence-corrected chi connectivity index (χ2v) is 4.80. The molecule has 0 bridgehead atoms. The van der Waals surface area contributed by atoms with Gasteiger partial charge in [0.05, 0.1) is 23.1 Å². The number of carbonyl (C=O) groups excluding carboxylic acids is 1. The molecule has 1 fully saturated rings. The van der Waals surface area contributed by atoms with Gasteiger partial charge >= 0.3 is 5.69 Å². The first kappa shape index (κ1) is 14.3. The SMILES string of the molecule is COCC(NC(=O)c1cccc([N+](=O)[O-])c1O)C1CC1. The molecule has 1 unspecified atom stereocenters. The highest BCUT2D eigenvalue weighted by Gasteiger charge is 2.33. The summed E-state index contributed by atoms with van der Waals surface area (Å²) < 4.78 is 5.05. The number of nitrogens with zero attached hydrogens (tertiary/aromatic N) is 1. The van der Waals surface area contributed by atoms with Crippen molar-refractivity contribution in [2.45, 2.75) is 18.9 Å². The lowest BCUT2D eigenvalue weighted by atomic mass is 10.1. The van der Waals surface area contributed by atoms with Gasteiger partial charge in [-0.25, -0.2) is 0 Å². The van der Waals surface area contributed by atoms with Crippen molar-refractivity contribution in [3.8, 4) is 5.75 Å². The van der Waals surface area contributed by atoms with Crippen LogP contribution in [0.3, 0.4) is 0 Å². The number of hydrogen-bond acceptors (Lipinski definition) is 5. The predicted octanol–water partition coefficient (Wildman–Crippen LogP) is 1.46. The van der Waals surface area contributed by atoms with Crippen LogP contribution in [-0.4, -0.2) is 35.7 Å². The van der Waals surface area contributed by atoms with E-state index in [9.17, 15) is 20.0 Å². The molecule has 1 aliphatic rings. The van der Waals surface area contributed by atoms with Gasteiger partial charge in [-0.15, -0.1) is 0 Å². The molecule has 0 aromatic heterocycles. The minimum Gasteiger partial charge on any atom is -0.502 e. The smallest absolute Gasteiger partial charge is 0.311 e. The summed E-state index contributed by atoms with van der Waals surface area (Å²) in [5.41, 5.74) is -0.576. The van der Waals surface area contributed by atoms with E-state index in [1.165, 1.54) is 12.1 Å². The summed E-state index contributed by atoms with van der Waals surface area (Å²) in [5.74, 6) is -0.762. The summed E-state index contributed by atoms with van der Waals surface area (Å²) in [6.45, 7) is 0.381. The Kier molecular flexibility index (Phi) is 4.19. The molecular formula is C13H16N2O5. The van der Waals surface area contributed by atoms with Crippen molar-refractivity contribution in [1.29, 1.82) is 0 Å². The fourth-order valence-electron chi connectivity index (χ4n) is 2.08. The van der Waals surface area contributed by atoms with E-state index in [1.807, 2.05) is 0 Å². The molecule has 0 radical (unpaired) electrons. The Morgan fingerprint density at radius 1 is 1.60 bits per heavy atom. The minimum absolute atomic E-state index is 0.0963. The summed E-state index contributed by atoms with van der Waals surface area (Å²) in [6.07, 6.45) is 2.05. The van der Waals surface area contributed by atoms with E-state index in [0.717, 1.165) is 18.9 Å². The molecule has 0 aliphatic heterocycles. The summed E-state index contributed by atoms with van der Waals surface area (Å²) in [6, 6.07) is 3.75. The Morgan fingerprint density at radius 3 is 2.85 bits per heavy atom. The van der Waals surface area contributed by atoms with E-state index in [4.69, 9.17) is 4.74 Å². The van der Waals surface area contributed by atoms with Gasteiger partial charge in [0.25, 0.3) is 5.91 Å². The Bertz CT molecular complexity index is 527. The van der Waals surface area contributed by atoms with Gasteiger partial charge in [-0.05, 0) is 24.8 Å². The first-order valence-electron chi connectivity index (χ1n) is 6.30. The molecule has 7 nitrogen and oxygen atoms in total. The lowest BCUT2D eigenvalue weighted by Gasteiger charge is -2.17. The van der Waals surface area contributed by atoms with Crippen LogP contribution in [0.15, 0.2) is 18.2 Å². The zero-order valence-corrected chi connectivity index (χ0v) is 11.0. The van der Waals surface area contributed by atoms with Gasteiger partial charge in [0.2, 0.25) is 5.75 Å². The number of amides is 1. The molecule has 0 saturated heterocycles. The third kappa shape index (κ3) is 3.05. The monoisotopic (exact) mass is 280 g/mol. The molecule has 0 heterocycles. The number of nitrogens with one attached hydrogen (secondary N) is 1. The quantitative estimate of drug-likeness (QED) is 0.606. The molecule has 7 heteroatoms. The van der Waals surface area contributed by atoms with Crippen LogP contribution < -0.4 is 5.32 Å².